The molecule has 0 aromatic heterocycles. The standard InChI is InChI=1S/C10H22N4/c1-13(2)9-4-3-6-14(8-9)7-5-10(11)12/h9H,3-8H2,1-2H3,(H3,11,12). The van der Waals surface area contributed by atoms with E-state index in [1.165, 1.54) is 12.8 Å². The van der Waals surface area contributed by atoms with E-state index in [0.717, 1.165) is 19.6 Å². The van der Waals surface area contributed by atoms with E-state index in [1.54, 1.807) is 0 Å². The van der Waals surface area contributed by atoms with E-state index in [2.05, 4.69) is 23.9 Å². The molecule has 0 amide bonds. The molecule has 0 saturated carbocycles. The fraction of sp³-hybridized carbons (Fsp3) is 0.900. The van der Waals surface area contributed by atoms with Gasteiger partial charge in [-0.3, -0.25) is 5.41 Å². The molecular weight excluding hydrogens is 176 g/mol. The van der Waals surface area contributed by atoms with Crippen LogP contribution in [0.25, 0.3) is 0 Å². The maximum Gasteiger partial charge on any atom is 0.0918 e. The van der Waals surface area contributed by atoms with Crippen molar-refractivity contribution in [3.05, 3.63) is 0 Å². The molecule has 1 aliphatic rings. The average molecular weight is 198 g/mol. The summed E-state index contributed by atoms with van der Waals surface area (Å²) in [4.78, 5) is 4.70. The predicted octanol–water partition coefficient (Wildman–Crippen LogP) is 0.338. The lowest BCUT2D eigenvalue weighted by molar-refractivity contribution is 0.136. The molecule has 1 fully saturated rings. The zero-order valence-electron chi connectivity index (χ0n) is 9.29. The van der Waals surface area contributed by atoms with Crippen molar-refractivity contribution in [2.45, 2.75) is 25.3 Å². The minimum atomic E-state index is 0.303. The first-order valence-corrected chi connectivity index (χ1v) is 5.31. The van der Waals surface area contributed by atoms with E-state index < -0.39 is 0 Å². The predicted molar refractivity (Wildman–Crippen MR) is 59.7 cm³/mol. The molecule has 82 valence electrons. The Morgan fingerprint density at radius 1 is 1.57 bits per heavy atom. The molecule has 1 saturated heterocycles. The second-order valence-electron chi connectivity index (χ2n) is 4.34. The van der Waals surface area contributed by atoms with E-state index in [-0.39, 0.29) is 0 Å². The first kappa shape index (κ1) is 11.5. The van der Waals surface area contributed by atoms with Gasteiger partial charge in [-0.25, -0.2) is 0 Å². The third kappa shape index (κ3) is 3.64. The van der Waals surface area contributed by atoms with Crippen LogP contribution in [-0.4, -0.2) is 55.4 Å². The number of nitrogens with two attached hydrogens (primary N) is 1. The highest BCUT2D eigenvalue weighted by atomic mass is 15.2. The summed E-state index contributed by atoms with van der Waals surface area (Å²) in [5, 5.41) is 7.19. The number of likely N-dealkylation sites (tertiary alicyclic amines) is 1. The summed E-state index contributed by atoms with van der Waals surface area (Å²) < 4.78 is 0. The molecule has 14 heavy (non-hydrogen) atoms. The highest BCUT2D eigenvalue weighted by Crippen LogP contribution is 2.13. The largest absolute Gasteiger partial charge is 0.388 e. The maximum atomic E-state index is 7.19. The monoisotopic (exact) mass is 198 g/mol. The fourth-order valence-electron chi connectivity index (χ4n) is 1.93. The van der Waals surface area contributed by atoms with Gasteiger partial charge in [-0.15, -0.1) is 0 Å². The van der Waals surface area contributed by atoms with Crippen LogP contribution in [0, 0.1) is 5.41 Å². The van der Waals surface area contributed by atoms with Crippen LogP contribution in [-0.2, 0) is 0 Å². The second-order valence-corrected chi connectivity index (χ2v) is 4.34. The fourth-order valence-corrected chi connectivity index (χ4v) is 1.93. The molecule has 4 heteroatoms. The molecule has 1 unspecified atom stereocenters. The maximum absolute atomic E-state index is 7.19. The summed E-state index contributed by atoms with van der Waals surface area (Å²) in [5.41, 5.74) is 5.35. The minimum Gasteiger partial charge on any atom is -0.388 e. The van der Waals surface area contributed by atoms with Crippen molar-refractivity contribution in [2.75, 3.05) is 33.7 Å². The van der Waals surface area contributed by atoms with Crippen molar-refractivity contribution in [2.24, 2.45) is 5.73 Å². The average Bonchev–Trinajstić information content (AvgIpc) is 2.15. The Labute approximate surface area is 86.6 Å². The molecule has 1 rings (SSSR count). The van der Waals surface area contributed by atoms with Gasteiger partial charge in [0.05, 0.1) is 5.84 Å². The van der Waals surface area contributed by atoms with Gasteiger partial charge in [-0.1, -0.05) is 0 Å². The van der Waals surface area contributed by atoms with E-state index in [4.69, 9.17) is 11.1 Å². The molecule has 3 N–H and O–H groups in total. The van der Waals surface area contributed by atoms with Crippen LogP contribution in [0.1, 0.15) is 19.3 Å². The summed E-state index contributed by atoms with van der Waals surface area (Å²) in [6.07, 6.45) is 3.27. The second kappa shape index (κ2) is 5.32. The van der Waals surface area contributed by atoms with Crippen LogP contribution >= 0.6 is 0 Å². The lowest BCUT2D eigenvalue weighted by atomic mass is 10.0. The summed E-state index contributed by atoms with van der Waals surface area (Å²) in [5.74, 6) is 0.303. The van der Waals surface area contributed by atoms with E-state index in [9.17, 15) is 0 Å². The summed E-state index contributed by atoms with van der Waals surface area (Å²) in [6, 6.07) is 0.677. The van der Waals surface area contributed by atoms with Crippen LogP contribution in [0.2, 0.25) is 0 Å². The SMILES string of the molecule is CN(C)C1CCCN(CCC(=N)N)C1. The summed E-state index contributed by atoms with van der Waals surface area (Å²) in [7, 11) is 4.28. The molecule has 4 nitrogen and oxygen atoms in total. The molecule has 0 aromatic rings. The summed E-state index contributed by atoms with van der Waals surface area (Å²) >= 11 is 0. The first-order valence-electron chi connectivity index (χ1n) is 5.31. The first-order chi connectivity index (χ1) is 6.59. The van der Waals surface area contributed by atoms with Crippen molar-refractivity contribution in [3.8, 4) is 0 Å². The quantitative estimate of drug-likeness (QED) is 0.506. The highest BCUT2D eigenvalue weighted by Gasteiger charge is 2.20. The molecule has 0 radical (unpaired) electrons. The lowest BCUT2D eigenvalue weighted by Gasteiger charge is -2.36. The molecule has 0 spiro atoms. The van der Waals surface area contributed by atoms with Gasteiger partial charge in [0.25, 0.3) is 0 Å². The van der Waals surface area contributed by atoms with Gasteiger partial charge in [-0.2, -0.15) is 0 Å². The third-order valence-corrected chi connectivity index (χ3v) is 2.91. The zero-order valence-corrected chi connectivity index (χ0v) is 9.29. The van der Waals surface area contributed by atoms with Gasteiger partial charge < -0.3 is 15.5 Å². The normalized spacial score (nSPS) is 24.1. The van der Waals surface area contributed by atoms with Gasteiger partial charge in [0, 0.05) is 25.6 Å². The van der Waals surface area contributed by atoms with E-state index in [0.29, 0.717) is 18.3 Å². The molecule has 1 aliphatic heterocycles. The molecule has 1 atom stereocenters. The number of hydrogen-bond acceptors (Lipinski definition) is 3. The van der Waals surface area contributed by atoms with Gasteiger partial charge >= 0.3 is 0 Å². The topological polar surface area (TPSA) is 56.4 Å². The summed E-state index contributed by atoms with van der Waals surface area (Å²) in [6.45, 7) is 3.23. The number of piperidine rings is 1. The van der Waals surface area contributed by atoms with Crippen LogP contribution < -0.4 is 5.73 Å². The van der Waals surface area contributed by atoms with Gasteiger partial charge in [0.15, 0.2) is 0 Å². The molecule has 0 aliphatic carbocycles. The zero-order chi connectivity index (χ0) is 10.6. The van der Waals surface area contributed by atoms with Crippen molar-refractivity contribution < 1.29 is 0 Å². The van der Waals surface area contributed by atoms with Crippen molar-refractivity contribution in [3.63, 3.8) is 0 Å². The molecule has 0 bridgehead atoms. The Balaban J connectivity index is 2.29. The van der Waals surface area contributed by atoms with Crippen molar-refractivity contribution >= 4 is 5.84 Å². The van der Waals surface area contributed by atoms with Gasteiger partial charge in [0.2, 0.25) is 0 Å². The van der Waals surface area contributed by atoms with Crippen molar-refractivity contribution in [1.29, 1.82) is 5.41 Å². The Hall–Kier alpha value is -0.610. The Morgan fingerprint density at radius 3 is 2.86 bits per heavy atom. The number of nitrogens with zero attached hydrogens (tertiary/aromatic N) is 2. The van der Waals surface area contributed by atoms with Crippen LogP contribution in [0.3, 0.4) is 0 Å². The third-order valence-electron chi connectivity index (χ3n) is 2.91. The Kier molecular flexibility index (Phi) is 4.35. The van der Waals surface area contributed by atoms with Gasteiger partial charge in [0.1, 0.15) is 0 Å². The van der Waals surface area contributed by atoms with E-state index >= 15 is 0 Å². The number of amidine groups is 1. The highest BCUT2D eigenvalue weighted by molar-refractivity contribution is 5.76. The van der Waals surface area contributed by atoms with Crippen LogP contribution in [0.15, 0.2) is 0 Å². The number of hydrogen-bond donors (Lipinski definition) is 2. The van der Waals surface area contributed by atoms with Gasteiger partial charge in [-0.05, 0) is 33.5 Å². The van der Waals surface area contributed by atoms with Crippen LogP contribution in [0.4, 0.5) is 0 Å². The number of likely N-dealkylation sites (N-methyl/N-ethyl adjacent to an activating group) is 1. The molecular formula is C10H22N4. The number of nitrogens with one attached hydrogen (secondary N) is 1. The van der Waals surface area contributed by atoms with E-state index in [1.807, 2.05) is 0 Å². The lowest BCUT2D eigenvalue weighted by Crippen LogP contribution is -2.45. The minimum absolute atomic E-state index is 0.303. The number of rotatable bonds is 4. The Bertz CT molecular complexity index is 191. The molecule has 0 aromatic carbocycles. The molecule has 1 heterocycles. The van der Waals surface area contributed by atoms with Crippen molar-refractivity contribution in [1.82, 2.24) is 9.80 Å². The van der Waals surface area contributed by atoms with Crippen LogP contribution in [0.5, 0.6) is 0 Å². The Morgan fingerprint density at radius 2 is 2.29 bits per heavy atom. The smallest absolute Gasteiger partial charge is 0.0918 e.